The van der Waals surface area contributed by atoms with E-state index in [0.29, 0.717) is 31.4 Å². The van der Waals surface area contributed by atoms with Crippen molar-refractivity contribution in [2.24, 2.45) is 4.99 Å². The summed E-state index contributed by atoms with van der Waals surface area (Å²) in [5.74, 6) is 0.833. The maximum absolute atomic E-state index is 5.90. The molecule has 2 aliphatic rings. The lowest BCUT2D eigenvalue weighted by Gasteiger charge is -2.22. The minimum absolute atomic E-state index is 0.341. The summed E-state index contributed by atoms with van der Waals surface area (Å²) in [6.07, 6.45) is 4.22. The molecule has 24 heavy (non-hydrogen) atoms. The molecule has 0 aliphatic carbocycles. The van der Waals surface area contributed by atoms with E-state index in [9.17, 15) is 0 Å². The van der Waals surface area contributed by atoms with E-state index >= 15 is 0 Å². The van der Waals surface area contributed by atoms with Crippen molar-refractivity contribution < 1.29 is 9.47 Å². The van der Waals surface area contributed by atoms with Gasteiger partial charge in [-0.1, -0.05) is 0 Å². The Morgan fingerprint density at radius 2 is 2.25 bits per heavy atom. The smallest absolute Gasteiger partial charge is 0.191 e. The van der Waals surface area contributed by atoms with Crippen LogP contribution in [0.15, 0.2) is 4.99 Å². The average molecular weight is 335 g/mol. The quantitative estimate of drug-likeness (QED) is 0.602. The number of aryl methyl sites for hydroxylation is 1. The molecule has 3 rings (SSSR count). The first-order valence-electron chi connectivity index (χ1n) is 8.76. The third-order valence-electron chi connectivity index (χ3n) is 5.12. The maximum Gasteiger partial charge on any atom is 0.191 e. The van der Waals surface area contributed by atoms with Crippen LogP contribution in [-0.2, 0) is 22.6 Å². The number of nitrogens with one attached hydrogen (secondary N) is 2. The third-order valence-corrected chi connectivity index (χ3v) is 5.12. The number of nitrogens with zero attached hydrogens (tertiary/aromatic N) is 3. The molecule has 0 aromatic carbocycles. The number of fused-ring (bicyclic) bond motifs is 2. The zero-order valence-corrected chi connectivity index (χ0v) is 15.1. The van der Waals surface area contributed by atoms with Crippen molar-refractivity contribution in [3.05, 3.63) is 17.0 Å². The summed E-state index contributed by atoms with van der Waals surface area (Å²) in [5.41, 5.74) is 3.45. The van der Waals surface area contributed by atoms with Gasteiger partial charge in [0.1, 0.15) is 0 Å². The molecule has 2 bridgehead atoms. The molecule has 2 fully saturated rings. The van der Waals surface area contributed by atoms with Gasteiger partial charge in [0.05, 0.1) is 37.1 Å². The molecule has 2 saturated heterocycles. The van der Waals surface area contributed by atoms with Crippen LogP contribution in [0, 0.1) is 13.8 Å². The number of hydrogen-bond acceptors (Lipinski definition) is 4. The van der Waals surface area contributed by atoms with Crippen molar-refractivity contribution in [1.82, 2.24) is 20.4 Å². The van der Waals surface area contributed by atoms with E-state index < -0.39 is 0 Å². The Balaban J connectivity index is 1.57. The first-order valence-corrected chi connectivity index (χ1v) is 8.76. The lowest BCUT2D eigenvalue weighted by molar-refractivity contribution is 0.0992. The van der Waals surface area contributed by atoms with E-state index in [1.807, 2.05) is 18.7 Å². The zero-order valence-electron chi connectivity index (χ0n) is 15.1. The fourth-order valence-corrected chi connectivity index (χ4v) is 3.72. The molecule has 2 N–H and O–H groups in total. The molecular formula is C17H29N5O2. The van der Waals surface area contributed by atoms with Gasteiger partial charge in [0, 0.05) is 32.0 Å². The van der Waals surface area contributed by atoms with Gasteiger partial charge in [-0.05, 0) is 33.1 Å². The molecule has 0 saturated carbocycles. The first-order chi connectivity index (χ1) is 11.6. The van der Waals surface area contributed by atoms with E-state index in [2.05, 4.69) is 27.6 Å². The topological polar surface area (TPSA) is 72.7 Å². The van der Waals surface area contributed by atoms with Crippen molar-refractivity contribution in [3.8, 4) is 0 Å². The molecular weight excluding hydrogens is 306 g/mol. The predicted octanol–water partition coefficient (Wildman–Crippen LogP) is 1.13. The van der Waals surface area contributed by atoms with Crippen LogP contribution in [0.3, 0.4) is 0 Å². The minimum atomic E-state index is 0.341. The fraction of sp³-hybridized carbons (Fsp3) is 0.765. The SMILES string of the molecule is CN=C(NCc1c(C)nn(CCOC)c1C)NC1CC2CCC1O2. The molecule has 1 aromatic rings. The largest absolute Gasteiger partial charge is 0.383 e. The molecule has 0 amide bonds. The lowest BCUT2D eigenvalue weighted by Crippen LogP contribution is -2.47. The van der Waals surface area contributed by atoms with Crippen LogP contribution in [0.25, 0.3) is 0 Å². The van der Waals surface area contributed by atoms with Gasteiger partial charge in [0.2, 0.25) is 0 Å². The second-order valence-electron chi connectivity index (χ2n) is 6.65. The number of ether oxygens (including phenoxy) is 2. The zero-order chi connectivity index (χ0) is 17.1. The highest BCUT2D eigenvalue weighted by molar-refractivity contribution is 5.80. The monoisotopic (exact) mass is 335 g/mol. The molecule has 3 unspecified atom stereocenters. The van der Waals surface area contributed by atoms with Crippen molar-refractivity contribution in [2.75, 3.05) is 20.8 Å². The molecule has 7 nitrogen and oxygen atoms in total. The van der Waals surface area contributed by atoms with Crippen molar-refractivity contribution in [3.63, 3.8) is 0 Å². The molecule has 134 valence electrons. The van der Waals surface area contributed by atoms with Crippen LogP contribution in [-0.4, -0.2) is 54.8 Å². The van der Waals surface area contributed by atoms with E-state index in [4.69, 9.17) is 9.47 Å². The summed E-state index contributed by atoms with van der Waals surface area (Å²) in [7, 11) is 3.52. The van der Waals surface area contributed by atoms with Gasteiger partial charge in [-0.2, -0.15) is 5.10 Å². The van der Waals surface area contributed by atoms with E-state index in [-0.39, 0.29) is 0 Å². The first kappa shape index (κ1) is 17.2. The number of methoxy groups -OCH3 is 1. The van der Waals surface area contributed by atoms with Crippen LogP contribution in [0.4, 0.5) is 0 Å². The van der Waals surface area contributed by atoms with Gasteiger partial charge in [-0.15, -0.1) is 0 Å². The number of guanidine groups is 1. The summed E-state index contributed by atoms with van der Waals surface area (Å²) in [4.78, 5) is 4.36. The van der Waals surface area contributed by atoms with Gasteiger partial charge >= 0.3 is 0 Å². The van der Waals surface area contributed by atoms with Gasteiger partial charge in [0.25, 0.3) is 0 Å². The molecule has 0 radical (unpaired) electrons. The van der Waals surface area contributed by atoms with Crippen LogP contribution in [0.1, 0.15) is 36.2 Å². The van der Waals surface area contributed by atoms with E-state index in [1.165, 1.54) is 17.7 Å². The fourth-order valence-electron chi connectivity index (χ4n) is 3.72. The highest BCUT2D eigenvalue weighted by Gasteiger charge is 2.41. The average Bonchev–Trinajstić information content (AvgIpc) is 3.26. The highest BCUT2D eigenvalue weighted by atomic mass is 16.5. The Kier molecular flexibility index (Phi) is 5.40. The number of rotatable bonds is 6. The maximum atomic E-state index is 5.90. The van der Waals surface area contributed by atoms with E-state index in [1.54, 1.807) is 7.11 Å². The standard InChI is InChI=1S/C17H29N5O2/c1-11-14(12(2)22(21-11)7-8-23-4)10-19-17(18-3)20-15-9-13-5-6-16(15)24-13/h13,15-16H,5-10H2,1-4H3,(H2,18,19,20). The summed E-state index contributed by atoms with van der Waals surface area (Å²) in [6, 6.07) is 0.376. The number of aromatic nitrogens is 2. The Morgan fingerprint density at radius 3 is 2.88 bits per heavy atom. The Labute approximate surface area is 143 Å². The second-order valence-corrected chi connectivity index (χ2v) is 6.65. The minimum Gasteiger partial charge on any atom is -0.383 e. The molecule has 7 heteroatoms. The van der Waals surface area contributed by atoms with Gasteiger partial charge in [-0.25, -0.2) is 0 Å². The Hall–Kier alpha value is -1.60. The highest BCUT2D eigenvalue weighted by Crippen LogP contribution is 2.34. The van der Waals surface area contributed by atoms with Crippen molar-refractivity contribution in [2.45, 2.75) is 64.4 Å². The third kappa shape index (κ3) is 3.57. The summed E-state index contributed by atoms with van der Waals surface area (Å²) < 4.78 is 13.1. The van der Waals surface area contributed by atoms with Crippen molar-refractivity contribution >= 4 is 5.96 Å². The molecule has 2 aliphatic heterocycles. The molecule has 3 atom stereocenters. The number of aliphatic imine (C=N–C) groups is 1. The van der Waals surface area contributed by atoms with Crippen LogP contribution in [0.2, 0.25) is 0 Å². The van der Waals surface area contributed by atoms with Crippen molar-refractivity contribution in [1.29, 1.82) is 0 Å². The Morgan fingerprint density at radius 1 is 1.42 bits per heavy atom. The summed E-state index contributed by atoms with van der Waals surface area (Å²) in [6.45, 7) is 6.31. The summed E-state index contributed by atoms with van der Waals surface area (Å²) in [5, 5.41) is 11.5. The van der Waals surface area contributed by atoms with Gasteiger partial charge in [-0.3, -0.25) is 9.67 Å². The van der Waals surface area contributed by atoms with E-state index in [0.717, 1.165) is 31.0 Å². The Bertz CT molecular complexity index is 598. The second kappa shape index (κ2) is 7.53. The normalized spacial score (nSPS) is 26.2. The summed E-state index contributed by atoms with van der Waals surface area (Å²) >= 11 is 0. The van der Waals surface area contributed by atoms with Crippen LogP contribution in [0.5, 0.6) is 0 Å². The molecule has 3 heterocycles. The number of hydrogen-bond donors (Lipinski definition) is 2. The van der Waals surface area contributed by atoms with Crippen LogP contribution < -0.4 is 10.6 Å². The van der Waals surface area contributed by atoms with Crippen LogP contribution >= 0.6 is 0 Å². The molecule has 0 spiro atoms. The predicted molar refractivity (Wildman–Crippen MR) is 93.2 cm³/mol. The van der Waals surface area contributed by atoms with Gasteiger partial charge < -0.3 is 20.1 Å². The van der Waals surface area contributed by atoms with Gasteiger partial charge in [0.15, 0.2) is 5.96 Å². The molecule has 1 aromatic heterocycles. The lowest BCUT2D eigenvalue weighted by atomic mass is 9.96.